The third kappa shape index (κ3) is 3.92. The summed E-state index contributed by atoms with van der Waals surface area (Å²) in [7, 11) is 0. The number of aliphatic hydroxyl groups is 1. The Labute approximate surface area is 41.5 Å². The van der Waals surface area contributed by atoms with Crippen LogP contribution in [0.2, 0.25) is 0 Å². The lowest BCUT2D eigenvalue weighted by molar-refractivity contribution is 0.206. The van der Waals surface area contributed by atoms with E-state index in [0.29, 0.717) is 0 Å². The van der Waals surface area contributed by atoms with E-state index >= 15 is 0 Å². The molecule has 0 amide bonds. The van der Waals surface area contributed by atoms with E-state index in [1.165, 1.54) is 6.92 Å². The number of hydrogen-bond donors (Lipinski definition) is 1. The van der Waals surface area contributed by atoms with E-state index in [-0.39, 0.29) is 0 Å². The minimum atomic E-state index is -0.664. The van der Waals surface area contributed by atoms with E-state index in [1.807, 2.05) is 0 Å². The topological polar surface area (TPSA) is 32.6 Å². The molecule has 36 valence electrons. The molecule has 1 unspecified atom stereocenters. The minimum absolute atomic E-state index is 0.664. The van der Waals surface area contributed by atoms with Crippen molar-refractivity contribution in [1.29, 1.82) is 0 Å². The Hall–Kier alpha value is -0.0800. The fourth-order valence-corrected chi connectivity index (χ4v) is 0.245. The summed E-state index contributed by atoms with van der Waals surface area (Å²) in [6.45, 7) is 1.53. The van der Waals surface area contributed by atoms with Crippen LogP contribution in [-0.2, 0) is 0 Å². The maximum Gasteiger partial charge on any atom is 0.143 e. The van der Waals surface area contributed by atoms with Crippen molar-refractivity contribution < 1.29 is 5.11 Å². The lowest BCUT2D eigenvalue weighted by Gasteiger charge is -1.86. The van der Waals surface area contributed by atoms with Gasteiger partial charge in [0.25, 0.3) is 0 Å². The van der Waals surface area contributed by atoms with Crippen molar-refractivity contribution in [2.75, 3.05) is 0 Å². The summed E-state index contributed by atoms with van der Waals surface area (Å²) in [6, 6.07) is 0. The lowest BCUT2D eigenvalue weighted by atomic mass is 10.7. The van der Waals surface area contributed by atoms with Gasteiger partial charge in [-0.2, -0.15) is 0 Å². The van der Waals surface area contributed by atoms with Gasteiger partial charge in [-0.25, -0.2) is 0 Å². The second-order valence-corrected chi connectivity index (χ2v) is 1.07. The van der Waals surface area contributed by atoms with E-state index < -0.39 is 6.23 Å². The van der Waals surface area contributed by atoms with Crippen LogP contribution in [0.1, 0.15) is 6.92 Å². The fraction of sp³-hybridized carbons (Fsp3) is 0.667. The van der Waals surface area contributed by atoms with Gasteiger partial charge >= 0.3 is 0 Å². The molecule has 2 nitrogen and oxygen atoms in total. The number of nitrogens with zero attached hydrogens (tertiary/aromatic N) is 1. The van der Waals surface area contributed by atoms with Crippen LogP contribution in [-0.4, -0.2) is 17.0 Å². The first-order chi connectivity index (χ1) is 2.77. The van der Waals surface area contributed by atoms with Gasteiger partial charge in [0.15, 0.2) is 0 Å². The zero-order valence-corrected chi connectivity index (χ0v) is 4.18. The van der Waals surface area contributed by atoms with Crippen molar-refractivity contribution in [3.8, 4) is 0 Å². The van der Waals surface area contributed by atoms with Gasteiger partial charge in [-0.3, -0.25) is 4.99 Å². The van der Waals surface area contributed by atoms with E-state index in [0.717, 1.165) is 5.67 Å². The monoisotopic (exact) mass is 107 g/mol. The van der Waals surface area contributed by atoms with Crippen LogP contribution >= 0.6 is 11.6 Å². The van der Waals surface area contributed by atoms with Crippen molar-refractivity contribution in [3.63, 3.8) is 0 Å². The minimum Gasteiger partial charge on any atom is -0.372 e. The number of aliphatic hydroxyl groups excluding tert-OH is 1. The Morgan fingerprint density at radius 1 is 2.00 bits per heavy atom. The molecule has 0 aliphatic rings. The zero-order chi connectivity index (χ0) is 4.99. The zero-order valence-electron chi connectivity index (χ0n) is 3.43. The molecular formula is C3H6ClNO. The molecule has 0 rings (SSSR count). The van der Waals surface area contributed by atoms with Gasteiger partial charge in [0.1, 0.15) is 6.23 Å². The summed E-state index contributed by atoms with van der Waals surface area (Å²) in [5, 5.41) is 8.27. The maximum absolute atomic E-state index is 8.27. The Morgan fingerprint density at radius 3 is 2.50 bits per heavy atom. The molecule has 0 fully saturated rings. The third-order valence-electron chi connectivity index (χ3n) is 0.272. The van der Waals surface area contributed by atoms with Crippen LogP contribution < -0.4 is 0 Å². The van der Waals surface area contributed by atoms with Crippen molar-refractivity contribution >= 4 is 17.3 Å². The Kier molecular flexibility index (Phi) is 3.08. The number of aliphatic imine (C=N–C) groups is 1. The molecule has 0 aromatic rings. The average molecular weight is 108 g/mol. The van der Waals surface area contributed by atoms with E-state index in [2.05, 4.69) is 4.99 Å². The molecule has 0 heterocycles. The predicted molar refractivity (Wildman–Crippen MR) is 26.0 cm³/mol. The highest BCUT2D eigenvalue weighted by Gasteiger charge is 1.79. The summed E-state index contributed by atoms with van der Waals surface area (Å²) >= 11 is 4.94. The van der Waals surface area contributed by atoms with Crippen LogP contribution in [0.5, 0.6) is 0 Å². The predicted octanol–water partition coefficient (Wildman–Crippen LogP) is 0.592. The van der Waals surface area contributed by atoms with E-state index in [1.54, 1.807) is 0 Å². The van der Waals surface area contributed by atoms with Crippen LogP contribution in [0.25, 0.3) is 0 Å². The summed E-state index contributed by atoms with van der Waals surface area (Å²) < 4.78 is 0. The molecule has 0 aliphatic heterocycles. The van der Waals surface area contributed by atoms with Gasteiger partial charge in [-0.15, -0.1) is 0 Å². The highest BCUT2D eigenvalue weighted by Crippen LogP contribution is 1.77. The molecule has 0 aromatic carbocycles. The molecule has 1 N–H and O–H groups in total. The molecule has 0 aliphatic carbocycles. The first-order valence-electron chi connectivity index (χ1n) is 1.57. The SMILES string of the molecule is CC(O)N=CCl. The molecule has 0 saturated carbocycles. The highest BCUT2D eigenvalue weighted by molar-refractivity contribution is 6.56. The second kappa shape index (κ2) is 3.12. The number of rotatable bonds is 1. The van der Waals surface area contributed by atoms with Crippen molar-refractivity contribution in [1.82, 2.24) is 0 Å². The largest absolute Gasteiger partial charge is 0.372 e. The smallest absolute Gasteiger partial charge is 0.143 e. The molecule has 0 spiro atoms. The molecule has 0 aromatic heterocycles. The van der Waals surface area contributed by atoms with Crippen molar-refractivity contribution in [2.24, 2.45) is 4.99 Å². The lowest BCUT2D eigenvalue weighted by Crippen LogP contribution is -1.90. The summed E-state index contributed by atoms with van der Waals surface area (Å²) in [6.07, 6.45) is -0.664. The van der Waals surface area contributed by atoms with Gasteiger partial charge in [0.05, 0.1) is 5.67 Å². The molecule has 0 radical (unpaired) electrons. The number of hydrogen-bond acceptors (Lipinski definition) is 2. The van der Waals surface area contributed by atoms with Crippen molar-refractivity contribution in [3.05, 3.63) is 0 Å². The molecule has 0 bridgehead atoms. The van der Waals surface area contributed by atoms with Crippen LogP contribution in [0.3, 0.4) is 0 Å². The first-order valence-corrected chi connectivity index (χ1v) is 2.01. The van der Waals surface area contributed by atoms with Crippen LogP contribution in [0, 0.1) is 0 Å². The quantitative estimate of drug-likeness (QED) is 0.489. The van der Waals surface area contributed by atoms with Gasteiger partial charge < -0.3 is 5.11 Å². The second-order valence-electron chi connectivity index (χ2n) is 0.879. The van der Waals surface area contributed by atoms with E-state index in [4.69, 9.17) is 16.7 Å². The summed E-state index contributed by atoms with van der Waals surface area (Å²) in [5.41, 5.74) is 1.05. The summed E-state index contributed by atoms with van der Waals surface area (Å²) in [4.78, 5) is 3.32. The number of halogens is 1. The first kappa shape index (κ1) is 5.92. The van der Waals surface area contributed by atoms with Gasteiger partial charge in [0, 0.05) is 0 Å². The van der Waals surface area contributed by atoms with Crippen molar-refractivity contribution in [2.45, 2.75) is 13.2 Å². The van der Waals surface area contributed by atoms with Gasteiger partial charge in [0.2, 0.25) is 0 Å². The molecule has 6 heavy (non-hydrogen) atoms. The molecule has 3 heteroatoms. The third-order valence-corrected chi connectivity index (χ3v) is 0.385. The molecular weight excluding hydrogens is 101 g/mol. The van der Waals surface area contributed by atoms with Gasteiger partial charge in [-0.1, -0.05) is 11.6 Å². The Morgan fingerprint density at radius 2 is 2.50 bits per heavy atom. The average Bonchev–Trinajstić information content (AvgIpc) is 1.35. The fourth-order valence-electron chi connectivity index (χ4n) is 0.0815. The van der Waals surface area contributed by atoms with Crippen LogP contribution in [0.4, 0.5) is 0 Å². The summed E-state index contributed by atoms with van der Waals surface area (Å²) in [5.74, 6) is 0. The Bertz CT molecular complexity index is 52.8. The maximum atomic E-state index is 8.27. The van der Waals surface area contributed by atoms with Crippen LogP contribution in [0.15, 0.2) is 4.99 Å². The highest BCUT2D eigenvalue weighted by atomic mass is 35.5. The normalized spacial score (nSPS) is 15.8. The van der Waals surface area contributed by atoms with E-state index in [9.17, 15) is 0 Å². The molecule has 1 atom stereocenters. The van der Waals surface area contributed by atoms with Gasteiger partial charge in [-0.05, 0) is 6.92 Å². The standard InChI is InChI=1S/C3H6ClNO/c1-3(6)5-2-4/h2-3,6H,1H3. The Balaban J connectivity index is 3.03. The molecule has 0 saturated heterocycles.